The van der Waals surface area contributed by atoms with E-state index in [1.165, 1.54) is 12.1 Å². The second kappa shape index (κ2) is 2.97. The maximum Gasteiger partial charge on any atom is 0.366 e. The maximum atomic E-state index is 11.6. The fourth-order valence-corrected chi connectivity index (χ4v) is 0.673. The Balaban J connectivity index is 2.48. The number of urea groups is 1. The van der Waals surface area contributed by atoms with Gasteiger partial charge in [-0.05, 0) is 0 Å². The van der Waals surface area contributed by atoms with E-state index in [1.807, 2.05) is 0 Å². The molecule has 1 rings (SSSR count). The minimum absolute atomic E-state index is 0.172. The maximum absolute atomic E-state index is 11.6. The molecule has 1 aliphatic rings. The summed E-state index contributed by atoms with van der Waals surface area (Å²) in [5.41, 5.74) is 0. The largest absolute Gasteiger partial charge is 0.366 e. The zero-order valence-corrected chi connectivity index (χ0v) is 5.75. The fraction of sp³-hybridized carbons (Fsp3) is 0.750. The molecular weight excluding hydrogens is 160 g/mol. The highest BCUT2D eigenvalue weighted by Crippen LogP contribution is 2.07. The molecule has 1 saturated heterocycles. The number of carbonyl (C=O) groups is 1. The first kappa shape index (κ1) is 8.15. The summed E-state index contributed by atoms with van der Waals surface area (Å²) in [5, 5.41) is 3.95. The van der Waals surface area contributed by atoms with E-state index in [0.29, 0.717) is 5.17 Å². The number of hydrogen-bond donors (Lipinski definition) is 1. The second-order valence-corrected chi connectivity index (χ2v) is 1.94. The van der Waals surface area contributed by atoms with Crippen molar-refractivity contribution in [2.24, 2.45) is 0 Å². The Kier molecular flexibility index (Phi) is 2.20. The smallest absolute Gasteiger partial charge is 0.320 e. The molecule has 0 aromatic carbocycles. The molecule has 0 aliphatic carbocycles. The number of halogens is 2. The predicted octanol–water partition coefficient (Wildman–Crippen LogP) is -0.0299. The molecular formula is C4H7F2N3O2. The van der Waals surface area contributed by atoms with E-state index in [9.17, 15) is 13.6 Å². The monoisotopic (exact) mass is 167 g/mol. The summed E-state index contributed by atoms with van der Waals surface area (Å²) in [4.78, 5) is 14.5. The van der Waals surface area contributed by atoms with Gasteiger partial charge in [-0.1, -0.05) is 0 Å². The SMILES string of the molecule is CN1CNC(=O)N1OC(F)F. The molecule has 7 heteroatoms. The summed E-state index contributed by atoms with van der Waals surface area (Å²) in [5.74, 6) is 0. The highest BCUT2D eigenvalue weighted by Gasteiger charge is 2.29. The van der Waals surface area contributed by atoms with Gasteiger partial charge in [-0.15, -0.1) is 5.17 Å². The van der Waals surface area contributed by atoms with Gasteiger partial charge in [-0.3, -0.25) is 0 Å². The first-order chi connectivity index (χ1) is 5.11. The number of nitrogens with one attached hydrogen (secondary N) is 1. The van der Waals surface area contributed by atoms with Crippen LogP contribution in [0.1, 0.15) is 0 Å². The zero-order chi connectivity index (χ0) is 8.43. The molecule has 0 aromatic rings. The van der Waals surface area contributed by atoms with Crippen molar-refractivity contribution >= 4 is 6.03 Å². The molecule has 0 spiro atoms. The van der Waals surface area contributed by atoms with Gasteiger partial charge in [-0.2, -0.15) is 18.6 Å². The summed E-state index contributed by atoms with van der Waals surface area (Å²) in [6, 6.07) is -0.687. The van der Waals surface area contributed by atoms with Crippen molar-refractivity contribution in [3.63, 3.8) is 0 Å². The standard InChI is InChI=1S/C4H7F2N3O2/c1-8-2-7-4(10)9(8)11-3(5)6/h3H,2H2,1H3,(H,7,10). The Morgan fingerprint density at radius 3 is 2.73 bits per heavy atom. The summed E-state index contributed by atoms with van der Waals surface area (Å²) in [6.45, 7) is -2.81. The Bertz CT molecular complexity index is 165. The van der Waals surface area contributed by atoms with Gasteiger partial charge < -0.3 is 5.32 Å². The summed E-state index contributed by atoms with van der Waals surface area (Å²) in [6.07, 6.45) is 0. The van der Waals surface area contributed by atoms with Crippen molar-refractivity contribution in [2.45, 2.75) is 6.61 Å². The molecule has 0 bridgehead atoms. The Hall–Kier alpha value is -0.950. The minimum Gasteiger partial charge on any atom is -0.320 e. The third-order valence-corrected chi connectivity index (χ3v) is 1.12. The van der Waals surface area contributed by atoms with Crippen LogP contribution < -0.4 is 5.32 Å². The molecule has 0 atom stereocenters. The van der Waals surface area contributed by atoms with Crippen LogP contribution in [-0.2, 0) is 4.84 Å². The highest BCUT2D eigenvalue weighted by molar-refractivity contribution is 5.73. The Morgan fingerprint density at radius 2 is 2.36 bits per heavy atom. The van der Waals surface area contributed by atoms with E-state index < -0.39 is 12.6 Å². The average Bonchev–Trinajstić information content (AvgIpc) is 2.18. The number of carbonyl (C=O) groups excluding carboxylic acids is 1. The molecule has 0 radical (unpaired) electrons. The molecule has 0 unspecified atom stereocenters. The lowest BCUT2D eigenvalue weighted by atomic mass is 11.0. The Labute approximate surface area is 61.4 Å². The van der Waals surface area contributed by atoms with Gasteiger partial charge in [0.2, 0.25) is 0 Å². The van der Waals surface area contributed by atoms with Gasteiger partial charge >= 0.3 is 12.6 Å². The second-order valence-electron chi connectivity index (χ2n) is 1.94. The van der Waals surface area contributed by atoms with Crippen molar-refractivity contribution in [2.75, 3.05) is 13.7 Å². The van der Waals surface area contributed by atoms with Crippen LogP contribution in [0.3, 0.4) is 0 Å². The quantitative estimate of drug-likeness (QED) is 0.628. The number of hydroxylamine groups is 1. The van der Waals surface area contributed by atoms with Crippen LogP contribution in [0, 0.1) is 0 Å². The molecule has 2 amide bonds. The van der Waals surface area contributed by atoms with Gasteiger partial charge in [0.05, 0.1) is 6.67 Å². The van der Waals surface area contributed by atoms with Crippen LogP contribution in [0.25, 0.3) is 0 Å². The topological polar surface area (TPSA) is 44.8 Å². The van der Waals surface area contributed by atoms with Gasteiger partial charge in [0.25, 0.3) is 0 Å². The summed E-state index contributed by atoms with van der Waals surface area (Å²) >= 11 is 0. The molecule has 1 heterocycles. The van der Waals surface area contributed by atoms with Crippen LogP contribution in [0.2, 0.25) is 0 Å². The fourth-order valence-electron chi connectivity index (χ4n) is 0.673. The van der Waals surface area contributed by atoms with E-state index in [0.717, 1.165) is 0 Å². The van der Waals surface area contributed by atoms with E-state index in [-0.39, 0.29) is 6.67 Å². The lowest BCUT2D eigenvalue weighted by molar-refractivity contribution is -0.312. The lowest BCUT2D eigenvalue weighted by Gasteiger charge is -2.19. The zero-order valence-electron chi connectivity index (χ0n) is 5.75. The van der Waals surface area contributed by atoms with E-state index >= 15 is 0 Å². The van der Waals surface area contributed by atoms with E-state index in [1.54, 1.807) is 0 Å². The van der Waals surface area contributed by atoms with E-state index in [2.05, 4.69) is 10.2 Å². The number of rotatable bonds is 2. The highest BCUT2D eigenvalue weighted by atomic mass is 19.3. The van der Waals surface area contributed by atoms with Crippen molar-refractivity contribution in [3.8, 4) is 0 Å². The number of hydrogen-bond acceptors (Lipinski definition) is 3. The number of hydrazine groups is 1. The predicted molar refractivity (Wildman–Crippen MR) is 30.1 cm³/mol. The van der Waals surface area contributed by atoms with Gasteiger partial charge in [0.15, 0.2) is 0 Å². The first-order valence-electron chi connectivity index (χ1n) is 2.85. The summed E-state index contributed by atoms with van der Waals surface area (Å²) in [7, 11) is 1.44. The van der Waals surface area contributed by atoms with Crippen molar-refractivity contribution in [3.05, 3.63) is 0 Å². The van der Waals surface area contributed by atoms with Gasteiger partial charge in [0.1, 0.15) is 0 Å². The van der Waals surface area contributed by atoms with Crippen LogP contribution in [0.15, 0.2) is 0 Å². The van der Waals surface area contributed by atoms with Crippen LogP contribution in [0.4, 0.5) is 13.6 Å². The Morgan fingerprint density at radius 1 is 1.73 bits per heavy atom. The molecule has 1 aliphatic heterocycles. The van der Waals surface area contributed by atoms with Crippen molar-refractivity contribution < 1.29 is 18.4 Å². The molecule has 0 saturated carbocycles. The number of alkyl halides is 2. The van der Waals surface area contributed by atoms with Crippen molar-refractivity contribution in [1.29, 1.82) is 0 Å². The molecule has 64 valence electrons. The first-order valence-corrected chi connectivity index (χ1v) is 2.85. The molecule has 1 N–H and O–H groups in total. The van der Waals surface area contributed by atoms with Gasteiger partial charge in [-0.25, -0.2) is 4.79 Å². The van der Waals surface area contributed by atoms with E-state index in [4.69, 9.17) is 0 Å². The average molecular weight is 167 g/mol. The molecule has 0 aromatic heterocycles. The summed E-state index contributed by atoms with van der Waals surface area (Å²) < 4.78 is 23.1. The minimum atomic E-state index is -2.98. The van der Waals surface area contributed by atoms with Crippen LogP contribution in [-0.4, -0.2) is 36.5 Å². The van der Waals surface area contributed by atoms with Crippen molar-refractivity contribution in [1.82, 2.24) is 15.5 Å². The van der Waals surface area contributed by atoms with Crippen LogP contribution >= 0.6 is 0 Å². The molecule has 5 nitrogen and oxygen atoms in total. The normalized spacial score (nSPS) is 19.6. The third kappa shape index (κ3) is 1.75. The van der Waals surface area contributed by atoms with Crippen LogP contribution in [0.5, 0.6) is 0 Å². The lowest BCUT2D eigenvalue weighted by Crippen LogP contribution is -2.37. The van der Waals surface area contributed by atoms with Gasteiger partial charge in [0, 0.05) is 7.05 Å². The molecule has 1 fully saturated rings. The molecule has 11 heavy (non-hydrogen) atoms. The number of nitrogens with zero attached hydrogens (tertiary/aromatic N) is 2. The number of amides is 2. The third-order valence-electron chi connectivity index (χ3n) is 1.12.